The number of nitrogens with one attached hydrogen (secondary N) is 2. The van der Waals surface area contributed by atoms with Gasteiger partial charge in [-0.2, -0.15) is 0 Å². The van der Waals surface area contributed by atoms with E-state index in [0.29, 0.717) is 6.04 Å². The van der Waals surface area contributed by atoms with Gasteiger partial charge in [-0.15, -0.1) is 0 Å². The third-order valence-corrected chi connectivity index (χ3v) is 4.56. The van der Waals surface area contributed by atoms with Gasteiger partial charge in [0.25, 0.3) is 0 Å². The van der Waals surface area contributed by atoms with Gasteiger partial charge in [-0.05, 0) is 42.9 Å². The normalized spacial score (nSPS) is 27.1. The van der Waals surface area contributed by atoms with Gasteiger partial charge in [0.15, 0.2) is 5.96 Å². The Labute approximate surface area is 119 Å². The maximum Gasteiger partial charge on any atom is 0.191 e. The standard InChI is InChI=1S/C16H22FN3/c1-11-9-14(11)20-15(18-2)19-10-16(7-8-16)12-3-5-13(17)6-4-12/h3-6,11,14H,7-10H2,1-2H3,(H2,18,19,20). The molecule has 1 aromatic carbocycles. The Morgan fingerprint density at radius 2 is 2.00 bits per heavy atom. The van der Waals surface area contributed by atoms with E-state index >= 15 is 0 Å². The molecule has 0 amide bonds. The van der Waals surface area contributed by atoms with E-state index in [1.807, 2.05) is 12.1 Å². The lowest BCUT2D eigenvalue weighted by atomic mass is 9.96. The van der Waals surface area contributed by atoms with Crippen LogP contribution in [0.15, 0.2) is 29.3 Å². The lowest BCUT2D eigenvalue weighted by Crippen LogP contribution is -2.42. The molecule has 0 spiro atoms. The Bertz CT molecular complexity index is 505. The molecule has 3 nitrogen and oxygen atoms in total. The number of hydrogen-bond donors (Lipinski definition) is 2. The smallest absolute Gasteiger partial charge is 0.191 e. The molecule has 20 heavy (non-hydrogen) atoms. The zero-order valence-corrected chi connectivity index (χ0v) is 12.1. The molecule has 2 fully saturated rings. The van der Waals surface area contributed by atoms with Gasteiger partial charge in [0, 0.05) is 25.0 Å². The van der Waals surface area contributed by atoms with Crippen molar-refractivity contribution in [3.63, 3.8) is 0 Å². The van der Waals surface area contributed by atoms with E-state index in [1.54, 1.807) is 19.2 Å². The summed E-state index contributed by atoms with van der Waals surface area (Å²) in [5.41, 5.74) is 1.39. The van der Waals surface area contributed by atoms with Crippen molar-refractivity contribution in [3.05, 3.63) is 35.6 Å². The van der Waals surface area contributed by atoms with E-state index in [0.717, 1.165) is 31.3 Å². The molecule has 0 aromatic heterocycles. The number of hydrogen-bond acceptors (Lipinski definition) is 1. The van der Waals surface area contributed by atoms with Crippen LogP contribution in [0.4, 0.5) is 4.39 Å². The van der Waals surface area contributed by atoms with Crippen molar-refractivity contribution in [2.24, 2.45) is 10.9 Å². The fourth-order valence-corrected chi connectivity index (χ4v) is 2.67. The van der Waals surface area contributed by atoms with Crippen LogP contribution in [0.1, 0.15) is 31.7 Å². The second-order valence-electron chi connectivity index (χ2n) is 6.18. The topological polar surface area (TPSA) is 36.4 Å². The molecule has 2 saturated carbocycles. The molecule has 0 bridgehead atoms. The van der Waals surface area contributed by atoms with Crippen LogP contribution in [0.5, 0.6) is 0 Å². The summed E-state index contributed by atoms with van der Waals surface area (Å²) >= 11 is 0. The number of rotatable bonds is 4. The maximum atomic E-state index is 13.0. The summed E-state index contributed by atoms with van der Waals surface area (Å²) in [7, 11) is 1.81. The van der Waals surface area contributed by atoms with Gasteiger partial charge in [0.05, 0.1) is 0 Å². The van der Waals surface area contributed by atoms with Gasteiger partial charge in [-0.3, -0.25) is 4.99 Å². The SMILES string of the molecule is CN=C(NCC1(c2ccc(F)cc2)CC1)NC1CC1C. The number of guanidine groups is 1. The summed E-state index contributed by atoms with van der Waals surface area (Å²) in [5.74, 6) is 1.46. The number of nitrogens with zero attached hydrogens (tertiary/aromatic N) is 1. The van der Waals surface area contributed by atoms with E-state index < -0.39 is 0 Å². The van der Waals surface area contributed by atoms with Gasteiger partial charge in [0.2, 0.25) is 0 Å². The van der Waals surface area contributed by atoms with Crippen molar-refractivity contribution in [1.29, 1.82) is 0 Å². The predicted molar refractivity (Wildman–Crippen MR) is 79.4 cm³/mol. The molecule has 2 atom stereocenters. The third-order valence-electron chi connectivity index (χ3n) is 4.56. The Balaban J connectivity index is 1.58. The highest BCUT2D eigenvalue weighted by Gasteiger charge is 2.44. The summed E-state index contributed by atoms with van der Waals surface area (Å²) in [4.78, 5) is 4.28. The van der Waals surface area contributed by atoms with E-state index in [9.17, 15) is 4.39 Å². The summed E-state index contributed by atoms with van der Waals surface area (Å²) in [6, 6.07) is 7.48. The van der Waals surface area contributed by atoms with Crippen LogP contribution >= 0.6 is 0 Å². The lowest BCUT2D eigenvalue weighted by Gasteiger charge is -2.19. The summed E-state index contributed by atoms with van der Waals surface area (Å²) in [6.07, 6.45) is 3.54. The van der Waals surface area contributed by atoms with Crippen LogP contribution in [-0.4, -0.2) is 25.6 Å². The number of halogens is 1. The Kier molecular flexibility index (Phi) is 3.40. The van der Waals surface area contributed by atoms with Crippen LogP contribution in [0, 0.1) is 11.7 Å². The molecule has 0 saturated heterocycles. The van der Waals surface area contributed by atoms with Gasteiger partial charge < -0.3 is 10.6 Å². The van der Waals surface area contributed by atoms with Gasteiger partial charge in [0.1, 0.15) is 5.82 Å². The monoisotopic (exact) mass is 275 g/mol. The van der Waals surface area contributed by atoms with E-state index in [2.05, 4.69) is 22.5 Å². The highest BCUT2D eigenvalue weighted by atomic mass is 19.1. The molecule has 1 aromatic rings. The van der Waals surface area contributed by atoms with Crippen molar-refractivity contribution < 1.29 is 4.39 Å². The summed E-state index contributed by atoms with van der Waals surface area (Å²) in [6.45, 7) is 3.10. The minimum Gasteiger partial charge on any atom is -0.356 e. The van der Waals surface area contributed by atoms with Gasteiger partial charge in [-0.1, -0.05) is 19.1 Å². The highest BCUT2D eigenvalue weighted by molar-refractivity contribution is 5.80. The quantitative estimate of drug-likeness (QED) is 0.654. The molecule has 108 valence electrons. The number of benzene rings is 1. The van der Waals surface area contributed by atoms with Crippen molar-refractivity contribution in [1.82, 2.24) is 10.6 Å². The number of aliphatic imine (C=N–C) groups is 1. The van der Waals surface area contributed by atoms with Crippen molar-refractivity contribution in [3.8, 4) is 0 Å². The van der Waals surface area contributed by atoms with E-state index in [1.165, 1.54) is 12.0 Å². The van der Waals surface area contributed by atoms with Crippen LogP contribution in [0.25, 0.3) is 0 Å². The fourth-order valence-electron chi connectivity index (χ4n) is 2.67. The first-order chi connectivity index (χ1) is 9.63. The zero-order chi connectivity index (χ0) is 14.2. The largest absolute Gasteiger partial charge is 0.356 e. The Morgan fingerprint density at radius 1 is 1.35 bits per heavy atom. The molecule has 2 aliphatic rings. The first-order valence-electron chi connectivity index (χ1n) is 7.36. The van der Waals surface area contributed by atoms with E-state index in [-0.39, 0.29) is 11.2 Å². The molecular formula is C16H22FN3. The zero-order valence-electron chi connectivity index (χ0n) is 12.1. The van der Waals surface area contributed by atoms with Gasteiger partial charge in [-0.25, -0.2) is 4.39 Å². The molecule has 3 rings (SSSR count). The molecule has 0 heterocycles. The second-order valence-corrected chi connectivity index (χ2v) is 6.18. The summed E-state index contributed by atoms with van der Waals surface area (Å²) < 4.78 is 13.0. The third kappa shape index (κ3) is 2.79. The minimum atomic E-state index is -0.169. The fraction of sp³-hybridized carbons (Fsp3) is 0.562. The van der Waals surface area contributed by atoms with Gasteiger partial charge >= 0.3 is 0 Å². The molecule has 2 unspecified atom stereocenters. The molecule has 0 radical (unpaired) electrons. The Hall–Kier alpha value is -1.58. The molecule has 2 N–H and O–H groups in total. The van der Waals surface area contributed by atoms with E-state index in [4.69, 9.17) is 0 Å². The molecule has 0 aliphatic heterocycles. The molecule has 4 heteroatoms. The average Bonchev–Trinajstić information content (AvgIpc) is 3.35. The second kappa shape index (κ2) is 5.08. The maximum absolute atomic E-state index is 13.0. The average molecular weight is 275 g/mol. The van der Waals surface area contributed by atoms with Crippen LogP contribution in [0.2, 0.25) is 0 Å². The highest BCUT2D eigenvalue weighted by Crippen LogP contribution is 2.47. The van der Waals surface area contributed by atoms with Crippen LogP contribution in [0.3, 0.4) is 0 Å². The molecular weight excluding hydrogens is 253 g/mol. The van der Waals surface area contributed by atoms with Crippen LogP contribution in [-0.2, 0) is 5.41 Å². The lowest BCUT2D eigenvalue weighted by molar-refractivity contribution is 0.617. The predicted octanol–water partition coefficient (Wildman–Crippen LogP) is 2.43. The van der Waals surface area contributed by atoms with Crippen molar-refractivity contribution >= 4 is 5.96 Å². The Morgan fingerprint density at radius 3 is 2.50 bits per heavy atom. The molecule has 2 aliphatic carbocycles. The minimum absolute atomic E-state index is 0.167. The summed E-state index contributed by atoms with van der Waals surface area (Å²) in [5, 5.41) is 6.85. The van der Waals surface area contributed by atoms with Crippen molar-refractivity contribution in [2.75, 3.05) is 13.6 Å². The first kappa shape index (κ1) is 13.4. The first-order valence-corrected chi connectivity index (χ1v) is 7.36. The van der Waals surface area contributed by atoms with Crippen molar-refractivity contribution in [2.45, 2.75) is 37.6 Å². The van der Waals surface area contributed by atoms with Crippen LogP contribution < -0.4 is 10.6 Å².